The third-order valence-electron chi connectivity index (χ3n) is 6.29. The van der Waals surface area contributed by atoms with E-state index in [1.807, 2.05) is 23.1 Å². The van der Waals surface area contributed by atoms with Crippen LogP contribution < -0.4 is 5.73 Å². The molecule has 3 nitrogen and oxygen atoms in total. The molecule has 2 N–H and O–H groups in total. The van der Waals surface area contributed by atoms with Crippen LogP contribution in [0.1, 0.15) is 36.3 Å². The van der Waals surface area contributed by atoms with E-state index in [9.17, 15) is 13.6 Å². The van der Waals surface area contributed by atoms with Gasteiger partial charge in [-0.15, -0.1) is 0 Å². The fourth-order valence-electron chi connectivity index (χ4n) is 4.37. The molecule has 1 heterocycles. The minimum Gasteiger partial charge on any atom is -0.342 e. The topological polar surface area (TPSA) is 46.3 Å². The molecule has 0 aromatic heterocycles. The standard InChI is InChI=1S/C22H24F2N2O/c23-19-7-6-15(12-20(19)24)17-13-18(17)21(27)26-10-8-22(14-25,9-11-26)16-4-2-1-3-5-16/h1-7,12,17-18H,8-11,13-14,25H2/t17-,18+/m0/s1. The third-order valence-corrected chi connectivity index (χ3v) is 6.29. The SMILES string of the molecule is NCC1(c2ccccc2)CCN(C(=O)[C@@H]2C[C@H]2c2ccc(F)c(F)c2)CC1. The van der Waals surface area contributed by atoms with Gasteiger partial charge in [0.05, 0.1) is 0 Å². The first-order valence-corrected chi connectivity index (χ1v) is 9.53. The number of nitrogens with zero attached hydrogens (tertiary/aromatic N) is 1. The van der Waals surface area contributed by atoms with Gasteiger partial charge in [0.1, 0.15) is 0 Å². The van der Waals surface area contributed by atoms with Gasteiger partial charge in [-0.05, 0) is 48.4 Å². The third kappa shape index (κ3) is 3.36. The van der Waals surface area contributed by atoms with Crippen LogP contribution in [0.25, 0.3) is 0 Å². The van der Waals surface area contributed by atoms with E-state index in [2.05, 4.69) is 12.1 Å². The van der Waals surface area contributed by atoms with Crippen LogP contribution in [-0.4, -0.2) is 30.4 Å². The summed E-state index contributed by atoms with van der Waals surface area (Å²) in [7, 11) is 0. The molecule has 1 saturated heterocycles. The molecule has 1 aliphatic heterocycles. The van der Waals surface area contributed by atoms with Gasteiger partial charge in [-0.1, -0.05) is 36.4 Å². The first-order chi connectivity index (χ1) is 13.0. The Morgan fingerprint density at radius 3 is 2.41 bits per heavy atom. The Morgan fingerprint density at radius 2 is 1.78 bits per heavy atom. The number of piperidine rings is 1. The molecule has 0 spiro atoms. The first-order valence-electron chi connectivity index (χ1n) is 9.53. The number of hydrogen-bond acceptors (Lipinski definition) is 2. The lowest BCUT2D eigenvalue weighted by Gasteiger charge is -2.41. The van der Waals surface area contributed by atoms with E-state index in [0.717, 1.165) is 18.9 Å². The number of likely N-dealkylation sites (tertiary alicyclic amines) is 1. The van der Waals surface area contributed by atoms with Crippen molar-refractivity contribution in [3.8, 4) is 0 Å². The van der Waals surface area contributed by atoms with Crippen molar-refractivity contribution >= 4 is 5.91 Å². The maximum absolute atomic E-state index is 13.5. The Bertz CT molecular complexity index is 831. The lowest BCUT2D eigenvalue weighted by molar-refractivity contribution is -0.134. The number of carbonyl (C=O) groups excluding carboxylic acids is 1. The highest BCUT2D eigenvalue weighted by molar-refractivity contribution is 5.83. The quantitative estimate of drug-likeness (QED) is 0.894. The van der Waals surface area contributed by atoms with Gasteiger partial charge in [0.25, 0.3) is 0 Å². The molecule has 1 saturated carbocycles. The van der Waals surface area contributed by atoms with Crippen molar-refractivity contribution in [3.05, 3.63) is 71.3 Å². The van der Waals surface area contributed by atoms with E-state index in [0.29, 0.717) is 31.6 Å². The summed E-state index contributed by atoms with van der Waals surface area (Å²) in [6.45, 7) is 1.94. The van der Waals surface area contributed by atoms with Gasteiger partial charge in [-0.25, -0.2) is 8.78 Å². The van der Waals surface area contributed by atoms with Gasteiger partial charge in [0.15, 0.2) is 11.6 Å². The number of rotatable bonds is 4. The zero-order valence-corrected chi connectivity index (χ0v) is 15.2. The van der Waals surface area contributed by atoms with E-state index < -0.39 is 11.6 Å². The van der Waals surface area contributed by atoms with Gasteiger partial charge in [0.2, 0.25) is 5.91 Å². The van der Waals surface area contributed by atoms with Crippen molar-refractivity contribution in [3.63, 3.8) is 0 Å². The monoisotopic (exact) mass is 370 g/mol. The molecular formula is C22H24F2N2O. The van der Waals surface area contributed by atoms with Crippen molar-refractivity contribution in [1.82, 2.24) is 4.90 Å². The van der Waals surface area contributed by atoms with Crippen LogP contribution in [0.15, 0.2) is 48.5 Å². The number of carbonyl (C=O) groups is 1. The summed E-state index contributed by atoms with van der Waals surface area (Å²) in [5.74, 6) is -1.68. The highest BCUT2D eigenvalue weighted by Crippen LogP contribution is 2.49. The van der Waals surface area contributed by atoms with Crippen LogP contribution in [0.4, 0.5) is 8.78 Å². The molecule has 2 aromatic rings. The summed E-state index contributed by atoms with van der Waals surface area (Å²) in [6, 6.07) is 14.2. The van der Waals surface area contributed by atoms with Crippen LogP contribution in [0.5, 0.6) is 0 Å². The second kappa shape index (κ2) is 7.04. The zero-order valence-electron chi connectivity index (χ0n) is 15.2. The maximum Gasteiger partial charge on any atom is 0.226 e. The maximum atomic E-state index is 13.5. The summed E-state index contributed by atoms with van der Waals surface area (Å²) in [5.41, 5.74) is 8.00. The van der Waals surface area contributed by atoms with E-state index in [1.54, 1.807) is 6.07 Å². The highest BCUT2D eigenvalue weighted by atomic mass is 19.2. The molecule has 2 fully saturated rings. The highest BCUT2D eigenvalue weighted by Gasteiger charge is 2.47. The van der Waals surface area contributed by atoms with E-state index in [1.165, 1.54) is 11.6 Å². The van der Waals surface area contributed by atoms with Gasteiger partial charge in [0, 0.05) is 31.0 Å². The molecular weight excluding hydrogens is 346 g/mol. The Labute approximate surface area is 158 Å². The predicted molar refractivity (Wildman–Crippen MR) is 100 cm³/mol. The van der Waals surface area contributed by atoms with Gasteiger partial charge in [-0.2, -0.15) is 0 Å². The van der Waals surface area contributed by atoms with Crippen LogP contribution in [-0.2, 0) is 10.2 Å². The largest absolute Gasteiger partial charge is 0.342 e. The fraction of sp³-hybridized carbons (Fsp3) is 0.409. The second-order valence-electron chi connectivity index (χ2n) is 7.80. The Kier molecular flexibility index (Phi) is 4.72. The van der Waals surface area contributed by atoms with Crippen molar-refractivity contribution in [2.75, 3.05) is 19.6 Å². The lowest BCUT2D eigenvalue weighted by atomic mass is 9.73. The number of amides is 1. The summed E-state index contributed by atoms with van der Waals surface area (Å²) in [4.78, 5) is 14.8. The molecule has 0 bridgehead atoms. The summed E-state index contributed by atoms with van der Waals surface area (Å²) < 4.78 is 26.6. The van der Waals surface area contributed by atoms with Gasteiger partial charge < -0.3 is 10.6 Å². The summed E-state index contributed by atoms with van der Waals surface area (Å²) >= 11 is 0. The number of hydrogen-bond donors (Lipinski definition) is 1. The summed E-state index contributed by atoms with van der Waals surface area (Å²) in [6.07, 6.45) is 2.41. The average Bonchev–Trinajstić information content (AvgIpc) is 3.51. The Hall–Kier alpha value is -2.27. The van der Waals surface area contributed by atoms with E-state index in [4.69, 9.17) is 5.73 Å². The van der Waals surface area contributed by atoms with Crippen LogP contribution in [0, 0.1) is 17.6 Å². The van der Waals surface area contributed by atoms with E-state index in [-0.39, 0.29) is 23.2 Å². The van der Waals surface area contributed by atoms with Crippen LogP contribution in [0.3, 0.4) is 0 Å². The van der Waals surface area contributed by atoms with Crippen molar-refractivity contribution in [2.24, 2.45) is 11.7 Å². The van der Waals surface area contributed by atoms with Crippen molar-refractivity contribution in [1.29, 1.82) is 0 Å². The zero-order chi connectivity index (χ0) is 19.0. The molecule has 2 aliphatic rings. The van der Waals surface area contributed by atoms with Gasteiger partial charge in [-0.3, -0.25) is 4.79 Å². The van der Waals surface area contributed by atoms with Crippen molar-refractivity contribution in [2.45, 2.75) is 30.6 Å². The Morgan fingerprint density at radius 1 is 1.07 bits per heavy atom. The molecule has 27 heavy (non-hydrogen) atoms. The molecule has 142 valence electrons. The normalized spacial score (nSPS) is 23.9. The smallest absolute Gasteiger partial charge is 0.226 e. The molecule has 5 heteroatoms. The lowest BCUT2D eigenvalue weighted by Crippen LogP contribution is -2.49. The minimum atomic E-state index is -0.850. The molecule has 4 rings (SSSR count). The average molecular weight is 370 g/mol. The number of benzene rings is 2. The molecule has 1 aliphatic carbocycles. The molecule has 2 aromatic carbocycles. The van der Waals surface area contributed by atoms with Crippen LogP contribution >= 0.6 is 0 Å². The predicted octanol–water partition coefficient (Wildman–Crippen LogP) is 3.59. The Balaban J connectivity index is 1.40. The van der Waals surface area contributed by atoms with Crippen molar-refractivity contribution < 1.29 is 13.6 Å². The summed E-state index contributed by atoms with van der Waals surface area (Å²) in [5, 5.41) is 0. The number of halogens is 2. The molecule has 1 amide bonds. The van der Waals surface area contributed by atoms with Crippen LogP contribution in [0.2, 0.25) is 0 Å². The van der Waals surface area contributed by atoms with E-state index >= 15 is 0 Å². The fourth-order valence-corrected chi connectivity index (χ4v) is 4.37. The molecule has 2 atom stereocenters. The first kappa shape index (κ1) is 18.1. The second-order valence-corrected chi connectivity index (χ2v) is 7.80. The molecule has 0 radical (unpaired) electrons. The number of nitrogens with two attached hydrogens (primary N) is 1. The molecule has 0 unspecified atom stereocenters. The van der Waals surface area contributed by atoms with Gasteiger partial charge >= 0.3 is 0 Å². The minimum absolute atomic E-state index is 0.00270.